The summed E-state index contributed by atoms with van der Waals surface area (Å²) >= 11 is 5.88. The van der Waals surface area contributed by atoms with Crippen LogP contribution in [0.2, 0.25) is 5.02 Å². The zero-order chi connectivity index (χ0) is 18.6. The number of carbonyl (C=O) groups is 1. The zero-order valence-corrected chi connectivity index (χ0v) is 15.3. The maximum absolute atomic E-state index is 12.0. The van der Waals surface area contributed by atoms with E-state index < -0.39 is 0 Å². The van der Waals surface area contributed by atoms with Crippen LogP contribution in [0.4, 0.5) is 17.2 Å². The van der Waals surface area contributed by atoms with Crippen LogP contribution in [-0.2, 0) is 19.0 Å². The second-order valence-corrected chi connectivity index (χ2v) is 5.67. The molecule has 0 aliphatic rings. The molecule has 0 aliphatic carbocycles. The van der Waals surface area contributed by atoms with E-state index in [1.807, 2.05) is 12.1 Å². The van der Waals surface area contributed by atoms with Gasteiger partial charge in [0.1, 0.15) is 6.61 Å². The summed E-state index contributed by atoms with van der Waals surface area (Å²) in [7, 11) is 1.61. The number of nitrogens with zero attached hydrogens (tertiary/aromatic N) is 1. The second kappa shape index (κ2) is 11.4. The number of halogens is 1. The Bertz CT molecular complexity index is 682. The monoisotopic (exact) mass is 379 g/mol. The molecule has 0 fully saturated rings. The third kappa shape index (κ3) is 7.37. The number of rotatable bonds is 11. The van der Waals surface area contributed by atoms with Gasteiger partial charge >= 0.3 is 0 Å². The molecule has 0 radical (unpaired) electrons. The molecule has 2 N–H and O–H groups in total. The lowest BCUT2D eigenvalue weighted by atomic mass is 10.3. The van der Waals surface area contributed by atoms with Gasteiger partial charge in [0, 0.05) is 24.0 Å². The van der Waals surface area contributed by atoms with Crippen molar-refractivity contribution in [1.29, 1.82) is 0 Å². The van der Waals surface area contributed by atoms with Crippen molar-refractivity contribution >= 4 is 34.7 Å². The van der Waals surface area contributed by atoms with Gasteiger partial charge in [0.25, 0.3) is 0 Å². The standard InChI is InChI=1S/C18H22ClN3O4/c1-24-9-10-25-11-12-26-13-17(23)22-16-3-2-8-20-18(16)21-15-6-4-14(19)5-7-15/h2-8H,9-13H2,1H3,(H,20,21)(H,22,23). The van der Waals surface area contributed by atoms with Gasteiger partial charge in [0.15, 0.2) is 5.82 Å². The highest BCUT2D eigenvalue weighted by atomic mass is 35.5. The van der Waals surface area contributed by atoms with E-state index in [0.29, 0.717) is 43.0 Å². The number of ether oxygens (including phenoxy) is 3. The van der Waals surface area contributed by atoms with E-state index in [2.05, 4.69) is 15.6 Å². The number of aromatic nitrogens is 1. The third-order valence-corrected chi connectivity index (χ3v) is 3.48. The topological polar surface area (TPSA) is 81.7 Å². The summed E-state index contributed by atoms with van der Waals surface area (Å²) in [5.74, 6) is 0.264. The Hall–Kier alpha value is -2.19. The average Bonchev–Trinajstić information content (AvgIpc) is 2.64. The van der Waals surface area contributed by atoms with Gasteiger partial charge in [0.05, 0.1) is 32.1 Å². The first-order valence-corrected chi connectivity index (χ1v) is 8.48. The Balaban J connectivity index is 1.79. The number of pyridine rings is 1. The molecule has 8 heteroatoms. The quantitative estimate of drug-likeness (QED) is 0.584. The van der Waals surface area contributed by atoms with Gasteiger partial charge in [-0.15, -0.1) is 0 Å². The smallest absolute Gasteiger partial charge is 0.250 e. The number of amides is 1. The molecule has 0 spiro atoms. The molecule has 1 heterocycles. The number of hydrogen-bond acceptors (Lipinski definition) is 6. The predicted molar refractivity (Wildman–Crippen MR) is 101 cm³/mol. The Morgan fingerprint density at radius 2 is 1.81 bits per heavy atom. The van der Waals surface area contributed by atoms with E-state index in [9.17, 15) is 4.79 Å². The van der Waals surface area contributed by atoms with Crippen molar-refractivity contribution in [2.75, 3.05) is 50.8 Å². The summed E-state index contributed by atoms with van der Waals surface area (Å²) in [5, 5.41) is 6.57. The summed E-state index contributed by atoms with van der Waals surface area (Å²) < 4.78 is 15.4. The molecule has 1 aromatic heterocycles. The first kappa shape index (κ1) is 20.1. The van der Waals surface area contributed by atoms with Crippen molar-refractivity contribution in [1.82, 2.24) is 4.98 Å². The van der Waals surface area contributed by atoms with Crippen molar-refractivity contribution in [2.45, 2.75) is 0 Å². The lowest BCUT2D eigenvalue weighted by molar-refractivity contribution is -0.121. The molecule has 0 bridgehead atoms. The molecule has 0 saturated heterocycles. The molecule has 1 amide bonds. The Labute approximate surface area is 157 Å². The minimum Gasteiger partial charge on any atom is -0.382 e. The van der Waals surface area contributed by atoms with Crippen LogP contribution in [0, 0.1) is 0 Å². The van der Waals surface area contributed by atoms with E-state index in [1.54, 1.807) is 37.6 Å². The SMILES string of the molecule is COCCOCCOCC(=O)Nc1cccnc1Nc1ccc(Cl)cc1. The number of methoxy groups -OCH3 is 1. The van der Waals surface area contributed by atoms with Crippen LogP contribution in [0.3, 0.4) is 0 Å². The van der Waals surface area contributed by atoms with Crippen LogP contribution in [-0.4, -0.2) is 51.0 Å². The lowest BCUT2D eigenvalue weighted by Crippen LogP contribution is -2.20. The molecule has 0 aliphatic heterocycles. The summed E-state index contributed by atoms with van der Waals surface area (Å²) in [6.45, 7) is 1.71. The molecule has 2 rings (SSSR count). The second-order valence-electron chi connectivity index (χ2n) is 5.24. The molecule has 0 saturated carbocycles. The van der Waals surface area contributed by atoms with Crippen molar-refractivity contribution in [3.8, 4) is 0 Å². The molecule has 1 aromatic carbocycles. The van der Waals surface area contributed by atoms with E-state index in [1.165, 1.54) is 0 Å². The highest BCUT2D eigenvalue weighted by Gasteiger charge is 2.08. The van der Waals surface area contributed by atoms with Gasteiger partial charge in [-0.25, -0.2) is 4.98 Å². The summed E-state index contributed by atoms with van der Waals surface area (Å²) in [5.41, 5.74) is 1.38. The largest absolute Gasteiger partial charge is 0.382 e. The van der Waals surface area contributed by atoms with Crippen molar-refractivity contribution in [2.24, 2.45) is 0 Å². The van der Waals surface area contributed by atoms with E-state index >= 15 is 0 Å². The number of carbonyl (C=O) groups excluding carboxylic acids is 1. The first-order valence-electron chi connectivity index (χ1n) is 8.11. The molecule has 0 atom stereocenters. The fourth-order valence-electron chi connectivity index (χ4n) is 1.99. The van der Waals surface area contributed by atoms with Crippen LogP contribution in [0.1, 0.15) is 0 Å². The summed E-state index contributed by atoms with van der Waals surface area (Å²) in [6, 6.07) is 10.7. The first-order chi connectivity index (χ1) is 12.7. The van der Waals surface area contributed by atoms with Gasteiger partial charge in [-0.2, -0.15) is 0 Å². The van der Waals surface area contributed by atoms with Gasteiger partial charge in [-0.3, -0.25) is 4.79 Å². The minimum atomic E-state index is -0.269. The molecule has 26 heavy (non-hydrogen) atoms. The number of anilines is 3. The van der Waals surface area contributed by atoms with Crippen molar-refractivity contribution < 1.29 is 19.0 Å². The Morgan fingerprint density at radius 1 is 1.08 bits per heavy atom. The number of hydrogen-bond donors (Lipinski definition) is 2. The van der Waals surface area contributed by atoms with E-state index in [0.717, 1.165) is 5.69 Å². The third-order valence-electron chi connectivity index (χ3n) is 3.23. The number of benzene rings is 1. The Kier molecular flexibility index (Phi) is 8.85. The van der Waals surface area contributed by atoms with Gasteiger partial charge in [0.2, 0.25) is 5.91 Å². The molecular weight excluding hydrogens is 358 g/mol. The zero-order valence-electron chi connectivity index (χ0n) is 14.5. The molecule has 0 unspecified atom stereocenters. The fourth-order valence-corrected chi connectivity index (χ4v) is 2.12. The van der Waals surface area contributed by atoms with Gasteiger partial charge in [-0.1, -0.05) is 11.6 Å². The minimum absolute atomic E-state index is 0.0666. The van der Waals surface area contributed by atoms with Crippen LogP contribution in [0.15, 0.2) is 42.6 Å². The molecular formula is C18H22ClN3O4. The maximum Gasteiger partial charge on any atom is 0.250 e. The predicted octanol–water partition coefficient (Wildman–Crippen LogP) is 3.10. The Morgan fingerprint density at radius 3 is 2.58 bits per heavy atom. The van der Waals surface area contributed by atoms with Crippen LogP contribution in [0.25, 0.3) is 0 Å². The normalized spacial score (nSPS) is 10.5. The lowest BCUT2D eigenvalue weighted by Gasteiger charge is -2.12. The highest BCUT2D eigenvalue weighted by molar-refractivity contribution is 6.30. The average molecular weight is 380 g/mol. The molecule has 140 valence electrons. The van der Waals surface area contributed by atoms with E-state index in [4.69, 9.17) is 25.8 Å². The van der Waals surface area contributed by atoms with Gasteiger partial charge < -0.3 is 24.8 Å². The van der Waals surface area contributed by atoms with Crippen LogP contribution < -0.4 is 10.6 Å². The van der Waals surface area contributed by atoms with Crippen molar-refractivity contribution in [3.63, 3.8) is 0 Å². The van der Waals surface area contributed by atoms with Gasteiger partial charge in [-0.05, 0) is 36.4 Å². The number of nitrogens with one attached hydrogen (secondary N) is 2. The van der Waals surface area contributed by atoms with Crippen molar-refractivity contribution in [3.05, 3.63) is 47.6 Å². The molecule has 7 nitrogen and oxygen atoms in total. The fraction of sp³-hybridized carbons (Fsp3) is 0.333. The van der Waals surface area contributed by atoms with Crippen LogP contribution in [0.5, 0.6) is 0 Å². The molecule has 2 aromatic rings. The highest BCUT2D eigenvalue weighted by Crippen LogP contribution is 2.23. The maximum atomic E-state index is 12.0. The van der Waals surface area contributed by atoms with Crippen LogP contribution >= 0.6 is 11.6 Å². The summed E-state index contributed by atoms with van der Waals surface area (Å²) in [4.78, 5) is 16.3. The van der Waals surface area contributed by atoms with E-state index in [-0.39, 0.29) is 12.5 Å². The summed E-state index contributed by atoms with van der Waals surface area (Å²) in [6.07, 6.45) is 1.64.